The van der Waals surface area contributed by atoms with Crippen LogP contribution in [-0.2, 0) is 19.6 Å². The molecule has 2 N–H and O–H groups in total. The lowest BCUT2D eigenvalue weighted by Gasteiger charge is -2.13. The van der Waals surface area contributed by atoms with Crippen molar-refractivity contribution in [3.8, 4) is 5.69 Å². The third-order valence-electron chi connectivity index (χ3n) is 3.98. The molecule has 1 amide bonds. The second-order valence-electron chi connectivity index (χ2n) is 5.63. The zero-order valence-electron chi connectivity index (χ0n) is 13.4. The highest BCUT2D eigenvalue weighted by molar-refractivity contribution is 5.94. The number of nitrogens with zero attached hydrogens (tertiary/aromatic N) is 5. The van der Waals surface area contributed by atoms with Gasteiger partial charge in [-0.1, -0.05) is 6.07 Å². The van der Waals surface area contributed by atoms with Crippen molar-refractivity contribution in [1.29, 1.82) is 0 Å². The van der Waals surface area contributed by atoms with Gasteiger partial charge in [0.1, 0.15) is 12.7 Å². The highest BCUT2D eigenvalue weighted by Gasteiger charge is 2.13. The molecule has 8 nitrogen and oxygen atoms in total. The van der Waals surface area contributed by atoms with E-state index in [0.717, 1.165) is 36.7 Å². The summed E-state index contributed by atoms with van der Waals surface area (Å²) in [5.74, 6) is -0.131. The number of carbonyl (C=O) groups is 1. The molecule has 130 valence electrons. The van der Waals surface area contributed by atoms with Crippen LogP contribution in [0.25, 0.3) is 5.69 Å². The molecule has 3 heterocycles. The normalized spacial score (nSPS) is 13.0. The molecule has 2 aromatic heterocycles. The van der Waals surface area contributed by atoms with Crippen molar-refractivity contribution in [2.45, 2.75) is 19.6 Å². The molecule has 0 radical (unpaired) electrons. The summed E-state index contributed by atoms with van der Waals surface area (Å²) in [6.45, 7) is 3.03. The molecular weight excluding hydrogens is 342 g/mol. The number of rotatable bonds is 4. The predicted molar refractivity (Wildman–Crippen MR) is 93.7 cm³/mol. The number of aromatic nitrogens is 5. The quantitative estimate of drug-likeness (QED) is 0.723. The summed E-state index contributed by atoms with van der Waals surface area (Å²) < 4.78 is 3.75. The molecule has 0 aliphatic carbocycles. The van der Waals surface area contributed by atoms with Gasteiger partial charge in [0.05, 0.1) is 24.5 Å². The number of benzene rings is 1. The maximum absolute atomic E-state index is 12.4. The van der Waals surface area contributed by atoms with Crippen LogP contribution in [0.3, 0.4) is 0 Å². The molecule has 0 spiro atoms. The lowest BCUT2D eigenvalue weighted by molar-refractivity contribution is 0.0950. The van der Waals surface area contributed by atoms with Gasteiger partial charge in [0.15, 0.2) is 0 Å². The first-order chi connectivity index (χ1) is 11.8. The van der Waals surface area contributed by atoms with Crippen molar-refractivity contribution in [2.24, 2.45) is 0 Å². The number of hydrogen-bond acceptors (Lipinski definition) is 5. The number of amides is 1. The van der Waals surface area contributed by atoms with E-state index in [9.17, 15) is 4.79 Å². The number of nitrogens with one attached hydrogen (secondary N) is 2. The van der Waals surface area contributed by atoms with Crippen LogP contribution in [0, 0.1) is 0 Å². The van der Waals surface area contributed by atoms with Crippen molar-refractivity contribution in [3.05, 3.63) is 59.9 Å². The van der Waals surface area contributed by atoms with E-state index in [4.69, 9.17) is 0 Å². The van der Waals surface area contributed by atoms with Gasteiger partial charge in [-0.2, -0.15) is 5.10 Å². The van der Waals surface area contributed by atoms with Crippen LogP contribution in [0.15, 0.2) is 43.0 Å². The van der Waals surface area contributed by atoms with Crippen LogP contribution in [0.5, 0.6) is 0 Å². The highest BCUT2D eigenvalue weighted by Crippen LogP contribution is 2.11. The van der Waals surface area contributed by atoms with Gasteiger partial charge in [0.25, 0.3) is 5.91 Å². The molecule has 25 heavy (non-hydrogen) atoms. The number of hydrogen-bond donors (Lipinski definition) is 2. The summed E-state index contributed by atoms with van der Waals surface area (Å²) in [6.07, 6.45) is 3.20. The van der Waals surface area contributed by atoms with E-state index in [2.05, 4.69) is 25.9 Å². The summed E-state index contributed by atoms with van der Waals surface area (Å²) in [5.41, 5.74) is 3.46. The summed E-state index contributed by atoms with van der Waals surface area (Å²) in [5, 5.41) is 18.3. The second-order valence-corrected chi connectivity index (χ2v) is 5.63. The topological polar surface area (TPSA) is 89.7 Å². The molecule has 1 aliphatic rings. The summed E-state index contributed by atoms with van der Waals surface area (Å²) in [7, 11) is 0. The first-order valence-corrected chi connectivity index (χ1v) is 7.79. The molecule has 9 heteroatoms. The van der Waals surface area contributed by atoms with Gasteiger partial charge in [-0.3, -0.25) is 14.0 Å². The Hall–Kier alpha value is -2.71. The van der Waals surface area contributed by atoms with Gasteiger partial charge < -0.3 is 10.6 Å². The van der Waals surface area contributed by atoms with Crippen LogP contribution in [0.2, 0.25) is 0 Å². The highest BCUT2D eigenvalue weighted by atomic mass is 35.5. The Kier molecular flexibility index (Phi) is 5.11. The van der Waals surface area contributed by atoms with E-state index in [1.54, 1.807) is 29.4 Å². The lowest BCUT2D eigenvalue weighted by atomic mass is 10.2. The average Bonchev–Trinajstić information content (AvgIpc) is 3.29. The van der Waals surface area contributed by atoms with Gasteiger partial charge in [0, 0.05) is 24.3 Å². The fourth-order valence-electron chi connectivity index (χ4n) is 2.75. The van der Waals surface area contributed by atoms with Crippen molar-refractivity contribution in [2.75, 3.05) is 6.54 Å². The Morgan fingerprint density at radius 1 is 1.24 bits per heavy atom. The smallest absolute Gasteiger partial charge is 0.251 e. The van der Waals surface area contributed by atoms with Gasteiger partial charge >= 0.3 is 0 Å². The zero-order valence-corrected chi connectivity index (χ0v) is 14.2. The van der Waals surface area contributed by atoms with Gasteiger partial charge in [-0.25, -0.2) is 0 Å². The van der Waals surface area contributed by atoms with E-state index < -0.39 is 0 Å². The summed E-state index contributed by atoms with van der Waals surface area (Å²) in [4.78, 5) is 12.4. The van der Waals surface area contributed by atoms with E-state index >= 15 is 0 Å². The molecule has 3 aromatic rings. The van der Waals surface area contributed by atoms with Crippen LogP contribution in [0.4, 0.5) is 0 Å². The number of carbonyl (C=O) groups excluding carboxylic acids is 1. The number of fused-ring (bicyclic) bond motifs is 1. The molecule has 0 bridgehead atoms. The Balaban J connectivity index is 0.00000182. The van der Waals surface area contributed by atoms with E-state index in [0.29, 0.717) is 12.1 Å². The molecule has 4 rings (SSSR count). The molecule has 0 saturated heterocycles. The molecule has 0 saturated carbocycles. The lowest BCUT2D eigenvalue weighted by Crippen LogP contribution is -2.28. The number of halogens is 1. The molecule has 0 atom stereocenters. The largest absolute Gasteiger partial charge is 0.346 e. The van der Waals surface area contributed by atoms with E-state index in [-0.39, 0.29) is 18.3 Å². The molecular formula is C16H18ClN7O. The van der Waals surface area contributed by atoms with Crippen molar-refractivity contribution in [3.63, 3.8) is 0 Å². The van der Waals surface area contributed by atoms with E-state index in [1.807, 2.05) is 22.9 Å². The Morgan fingerprint density at radius 2 is 2.08 bits per heavy atom. The van der Waals surface area contributed by atoms with Gasteiger partial charge in [-0.05, 0) is 24.3 Å². The second kappa shape index (κ2) is 7.45. The standard InChI is InChI=1S/C16H17N7O.ClH/c24-16(12-2-1-3-14(6-12)22-10-19-20-11-22)18-8-13-7-15-9-17-4-5-23(15)21-13;/h1-3,6-7,10-11,17H,4-5,8-9H2,(H,18,24);1H. The van der Waals surface area contributed by atoms with Gasteiger partial charge in [-0.15, -0.1) is 22.6 Å². The molecule has 1 aliphatic heterocycles. The van der Waals surface area contributed by atoms with Crippen LogP contribution in [-0.4, -0.2) is 37.0 Å². The monoisotopic (exact) mass is 359 g/mol. The fraction of sp³-hybridized carbons (Fsp3) is 0.250. The average molecular weight is 360 g/mol. The van der Waals surface area contributed by atoms with Crippen LogP contribution in [0.1, 0.15) is 21.7 Å². The minimum atomic E-state index is -0.131. The van der Waals surface area contributed by atoms with Crippen molar-refractivity contribution < 1.29 is 4.79 Å². The Labute approximate surface area is 150 Å². The van der Waals surface area contributed by atoms with Crippen LogP contribution < -0.4 is 10.6 Å². The summed E-state index contributed by atoms with van der Waals surface area (Å²) in [6, 6.07) is 9.36. The Bertz CT molecular complexity index is 836. The minimum Gasteiger partial charge on any atom is -0.346 e. The SMILES string of the molecule is Cl.O=C(NCc1cc2n(n1)CCNC2)c1cccc(-n2cnnc2)c1. The first-order valence-electron chi connectivity index (χ1n) is 7.79. The maximum Gasteiger partial charge on any atom is 0.251 e. The molecule has 1 aromatic carbocycles. The van der Waals surface area contributed by atoms with Crippen molar-refractivity contribution in [1.82, 2.24) is 35.2 Å². The molecule has 0 unspecified atom stereocenters. The predicted octanol–water partition coefficient (Wildman–Crippen LogP) is 0.919. The van der Waals surface area contributed by atoms with Gasteiger partial charge in [0.2, 0.25) is 0 Å². The zero-order chi connectivity index (χ0) is 16.4. The van der Waals surface area contributed by atoms with Crippen LogP contribution >= 0.6 is 12.4 Å². The molecule has 0 fully saturated rings. The third kappa shape index (κ3) is 3.70. The Morgan fingerprint density at radius 3 is 2.88 bits per heavy atom. The third-order valence-corrected chi connectivity index (χ3v) is 3.98. The first kappa shape index (κ1) is 17.1. The van der Waals surface area contributed by atoms with E-state index in [1.165, 1.54) is 0 Å². The van der Waals surface area contributed by atoms with Crippen molar-refractivity contribution >= 4 is 18.3 Å². The summed E-state index contributed by atoms with van der Waals surface area (Å²) >= 11 is 0. The maximum atomic E-state index is 12.4. The minimum absolute atomic E-state index is 0. The fourth-order valence-corrected chi connectivity index (χ4v) is 2.75.